The molecule has 16 heavy (non-hydrogen) atoms. The first-order valence-corrected chi connectivity index (χ1v) is 5.83. The molecule has 84 valence electrons. The van der Waals surface area contributed by atoms with Crippen LogP contribution in [0.1, 0.15) is 32.3 Å². The van der Waals surface area contributed by atoms with E-state index in [1.807, 2.05) is 24.3 Å². The highest BCUT2D eigenvalue weighted by Gasteiger charge is 2.30. The quantitative estimate of drug-likeness (QED) is 0.704. The fraction of sp³-hybridized carbons (Fsp3) is 0.357. The highest BCUT2D eigenvalue weighted by atomic mass is 35.5. The average Bonchev–Trinajstić information content (AvgIpc) is 2.55. The van der Waals surface area contributed by atoms with Gasteiger partial charge in [-0.2, -0.15) is 0 Å². The average molecular weight is 235 g/mol. The van der Waals surface area contributed by atoms with Gasteiger partial charge in [0.25, 0.3) is 0 Å². The van der Waals surface area contributed by atoms with Crippen molar-refractivity contribution in [2.45, 2.75) is 26.7 Å². The van der Waals surface area contributed by atoms with Crippen molar-refractivity contribution in [1.82, 2.24) is 0 Å². The van der Waals surface area contributed by atoms with Crippen molar-refractivity contribution < 1.29 is 4.79 Å². The Morgan fingerprint density at radius 1 is 1.19 bits per heavy atom. The van der Waals surface area contributed by atoms with Crippen LogP contribution < -0.4 is 0 Å². The minimum atomic E-state index is 0.200. The molecule has 2 rings (SSSR count). The topological polar surface area (TPSA) is 17.1 Å². The molecule has 0 fully saturated rings. The van der Waals surface area contributed by atoms with Gasteiger partial charge in [-0.25, -0.2) is 0 Å². The predicted molar refractivity (Wildman–Crippen MR) is 67.5 cm³/mol. The molecule has 1 aromatic rings. The Morgan fingerprint density at radius 2 is 1.81 bits per heavy atom. The first-order chi connectivity index (χ1) is 7.52. The Morgan fingerprint density at radius 3 is 2.38 bits per heavy atom. The minimum absolute atomic E-state index is 0.200. The number of halogens is 1. The molecule has 0 aromatic heterocycles. The van der Waals surface area contributed by atoms with Gasteiger partial charge < -0.3 is 0 Å². The molecular weight excluding hydrogens is 220 g/mol. The molecular formula is C14H15ClO. The fourth-order valence-corrected chi connectivity index (χ4v) is 2.45. The molecule has 1 nitrogen and oxygen atoms in total. The van der Waals surface area contributed by atoms with Crippen LogP contribution in [0.3, 0.4) is 0 Å². The summed E-state index contributed by atoms with van der Waals surface area (Å²) in [5.74, 6) is 0. The van der Waals surface area contributed by atoms with Crippen LogP contribution in [-0.2, 0) is 4.79 Å². The van der Waals surface area contributed by atoms with Gasteiger partial charge in [-0.3, -0.25) is 4.79 Å². The van der Waals surface area contributed by atoms with E-state index in [4.69, 9.17) is 11.6 Å². The molecule has 2 heteroatoms. The van der Waals surface area contributed by atoms with E-state index < -0.39 is 0 Å². The van der Waals surface area contributed by atoms with E-state index in [0.717, 1.165) is 35.3 Å². The maximum absolute atomic E-state index is 11.1. The molecule has 0 amide bonds. The van der Waals surface area contributed by atoms with Crippen molar-refractivity contribution in [1.29, 1.82) is 0 Å². The highest BCUT2D eigenvalue weighted by Crippen LogP contribution is 2.44. The molecule has 0 bridgehead atoms. The monoisotopic (exact) mass is 234 g/mol. The summed E-state index contributed by atoms with van der Waals surface area (Å²) in [6.45, 7) is 4.39. The van der Waals surface area contributed by atoms with E-state index in [2.05, 4.69) is 13.8 Å². The van der Waals surface area contributed by atoms with Crippen molar-refractivity contribution in [2.24, 2.45) is 5.41 Å². The maximum atomic E-state index is 11.1. The van der Waals surface area contributed by atoms with Crippen molar-refractivity contribution in [2.75, 3.05) is 0 Å². The second kappa shape index (κ2) is 4.06. The van der Waals surface area contributed by atoms with E-state index in [1.165, 1.54) is 5.57 Å². The molecule has 0 radical (unpaired) electrons. The molecule has 0 unspecified atom stereocenters. The lowest BCUT2D eigenvalue weighted by Gasteiger charge is -2.16. The SMILES string of the molecule is CC1(C)CC(C=O)=C(c2ccc(Cl)cc2)C1. The molecule has 0 aliphatic heterocycles. The van der Waals surface area contributed by atoms with Gasteiger partial charge in [0.15, 0.2) is 0 Å². The third kappa shape index (κ3) is 2.19. The lowest BCUT2D eigenvalue weighted by Crippen LogP contribution is -2.05. The molecule has 1 aromatic carbocycles. The zero-order valence-corrected chi connectivity index (χ0v) is 10.3. The summed E-state index contributed by atoms with van der Waals surface area (Å²) in [4.78, 5) is 11.1. The fourth-order valence-electron chi connectivity index (χ4n) is 2.33. The molecule has 0 saturated heterocycles. The zero-order valence-electron chi connectivity index (χ0n) is 9.59. The maximum Gasteiger partial charge on any atom is 0.146 e. The predicted octanol–water partition coefficient (Wildman–Crippen LogP) is 4.11. The normalized spacial score (nSPS) is 18.9. The van der Waals surface area contributed by atoms with Crippen LogP contribution in [0.4, 0.5) is 0 Å². The Labute approximate surface area is 101 Å². The van der Waals surface area contributed by atoms with Crippen molar-refractivity contribution in [3.8, 4) is 0 Å². The molecule has 1 aliphatic rings. The van der Waals surface area contributed by atoms with Crippen LogP contribution in [0.5, 0.6) is 0 Å². The number of hydrogen-bond donors (Lipinski definition) is 0. The number of aldehydes is 1. The second-order valence-electron chi connectivity index (χ2n) is 5.15. The number of carbonyl (C=O) groups is 1. The lowest BCUT2D eigenvalue weighted by molar-refractivity contribution is -0.105. The summed E-state index contributed by atoms with van der Waals surface area (Å²) >= 11 is 5.86. The standard InChI is InChI=1S/C14H15ClO/c1-14(2)7-11(9-16)13(8-14)10-3-5-12(15)6-4-10/h3-6,9H,7-8H2,1-2H3. The van der Waals surface area contributed by atoms with Crippen molar-refractivity contribution in [3.63, 3.8) is 0 Å². The van der Waals surface area contributed by atoms with E-state index in [1.54, 1.807) is 0 Å². The number of benzene rings is 1. The first-order valence-electron chi connectivity index (χ1n) is 5.45. The van der Waals surface area contributed by atoms with Crippen LogP contribution in [0, 0.1) is 5.41 Å². The first kappa shape index (κ1) is 11.4. The van der Waals surface area contributed by atoms with E-state index >= 15 is 0 Å². The van der Waals surface area contributed by atoms with E-state index in [9.17, 15) is 4.79 Å². The smallest absolute Gasteiger partial charge is 0.146 e. The summed E-state index contributed by atoms with van der Waals surface area (Å²) < 4.78 is 0. The van der Waals surface area contributed by atoms with Gasteiger partial charge >= 0.3 is 0 Å². The summed E-state index contributed by atoms with van der Waals surface area (Å²) in [6, 6.07) is 7.72. The van der Waals surface area contributed by atoms with Crippen LogP contribution in [-0.4, -0.2) is 6.29 Å². The Kier molecular flexibility index (Phi) is 2.90. The lowest BCUT2D eigenvalue weighted by atomic mass is 9.88. The van der Waals surface area contributed by atoms with Gasteiger partial charge in [-0.15, -0.1) is 0 Å². The second-order valence-corrected chi connectivity index (χ2v) is 5.58. The van der Waals surface area contributed by atoms with Crippen LogP contribution in [0.25, 0.3) is 5.57 Å². The van der Waals surface area contributed by atoms with Gasteiger partial charge in [-0.1, -0.05) is 37.6 Å². The third-order valence-corrected chi connectivity index (χ3v) is 3.30. The molecule has 0 spiro atoms. The van der Waals surface area contributed by atoms with Crippen LogP contribution >= 0.6 is 11.6 Å². The molecule has 0 N–H and O–H groups in total. The van der Waals surface area contributed by atoms with E-state index in [-0.39, 0.29) is 5.41 Å². The summed E-state index contributed by atoms with van der Waals surface area (Å²) in [7, 11) is 0. The molecule has 1 aliphatic carbocycles. The highest BCUT2D eigenvalue weighted by molar-refractivity contribution is 6.30. The Bertz CT molecular complexity index is 440. The Balaban J connectivity index is 2.39. The zero-order chi connectivity index (χ0) is 11.8. The minimum Gasteiger partial charge on any atom is -0.298 e. The number of hydrogen-bond acceptors (Lipinski definition) is 1. The number of rotatable bonds is 2. The van der Waals surface area contributed by atoms with E-state index in [0.29, 0.717) is 0 Å². The largest absolute Gasteiger partial charge is 0.298 e. The molecule has 0 heterocycles. The van der Waals surface area contributed by atoms with Crippen molar-refractivity contribution in [3.05, 3.63) is 40.4 Å². The van der Waals surface area contributed by atoms with Gasteiger partial charge in [0.05, 0.1) is 0 Å². The van der Waals surface area contributed by atoms with Crippen LogP contribution in [0.15, 0.2) is 29.8 Å². The van der Waals surface area contributed by atoms with Crippen molar-refractivity contribution >= 4 is 23.5 Å². The Hall–Kier alpha value is -1.08. The summed E-state index contributed by atoms with van der Waals surface area (Å²) in [5.41, 5.74) is 3.44. The number of allylic oxidation sites excluding steroid dienone is 2. The van der Waals surface area contributed by atoms with Gasteiger partial charge in [0.1, 0.15) is 6.29 Å². The van der Waals surface area contributed by atoms with Gasteiger partial charge in [0, 0.05) is 5.02 Å². The van der Waals surface area contributed by atoms with Crippen LogP contribution in [0.2, 0.25) is 5.02 Å². The molecule has 0 atom stereocenters. The summed E-state index contributed by atoms with van der Waals surface area (Å²) in [6.07, 6.45) is 2.83. The number of carbonyl (C=O) groups excluding carboxylic acids is 1. The van der Waals surface area contributed by atoms with Gasteiger partial charge in [-0.05, 0) is 47.1 Å². The summed E-state index contributed by atoms with van der Waals surface area (Å²) in [5, 5.41) is 0.731. The third-order valence-electron chi connectivity index (χ3n) is 3.05. The molecule has 0 saturated carbocycles. The van der Waals surface area contributed by atoms with Gasteiger partial charge in [0.2, 0.25) is 0 Å².